The summed E-state index contributed by atoms with van der Waals surface area (Å²) >= 11 is 1.38. The molecule has 0 spiro atoms. The Kier molecular flexibility index (Phi) is 8.00. The number of carbonyl (C=O) groups excluding carboxylic acids is 1. The molecule has 7 nitrogen and oxygen atoms in total. The quantitative estimate of drug-likeness (QED) is 0.468. The number of amides is 1. The second-order valence-electron chi connectivity index (χ2n) is 8.42. The van der Waals surface area contributed by atoms with E-state index >= 15 is 0 Å². The zero-order valence-electron chi connectivity index (χ0n) is 20.0. The first-order valence-electron chi connectivity index (χ1n) is 11.4. The van der Waals surface area contributed by atoms with Crippen molar-refractivity contribution >= 4 is 23.1 Å². The molecular formula is C25H27F3N4O3S. The van der Waals surface area contributed by atoms with E-state index in [4.69, 9.17) is 4.74 Å². The summed E-state index contributed by atoms with van der Waals surface area (Å²) in [4.78, 5) is 23.3. The van der Waals surface area contributed by atoms with Crippen LogP contribution in [0.1, 0.15) is 25.7 Å². The molecule has 192 valence electrons. The molecule has 0 saturated carbocycles. The second kappa shape index (κ2) is 11.2. The van der Waals surface area contributed by atoms with Crippen LogP contribution in [0.25, 0.3) is 0 Å². The normalized spacial score (nSPS) is 14.5. The van der Waals surface area contributed by atoms with Gasteiger partial charge in [-0.2, -0.15) is 0 Å². The highest BCUT2D eigenvalue weighted by Crippen LogP contribution is 2.30. The fourth-order valence-electron chi connectivity index (χ4n) is 3.92. The molecule has 0 bridgehead atoms. The van der Waals surface area contributed by atoms with E-state index < -0.39 is 12.1 Å². The predicted octanol–water partition coefficient (Wildman–Crippen LogP) is 4.61. The number of alkyl halides is 3. The number of carbonyl (C=O) groups is 1. The van der Waals surface area contributed by atoms with Crippen molar-refractivity contribution < 1.29 is 27.4 Å². The standard InChI is InChI=1S/C25H27F3N4O3S/c1-17-7-8-29-23(13-17)32-11-9-31(10-12-32)16-20-5-6-22(36-20)24(33)30-15-18-3-4-19(34-2)14-21(18)35-25(26,27)28/h3-8,13-14H,9-12,15-16H2,1-2H3,(H,30,33). The van der Waals surface area contributed by atoms with Crippen LogP contribution in [0, 0.1) is 6.92 Å². The maximum absolute atomic E-state index is 12.8. The van der Waals surface area contributed by atoms with Gasteiger partial charge in [0.2, 0.25) is 0 Å². The molecule has 1 aliphatic heterocycles. The highest BCUT2D eigenvalue weighted by Gasteiger charge is 2.32. The minimum atomic E-state index is -4.85. The average molecular weight is 521 g/mol. The summed E-state index contributed by atoms with van der Waals surface area (Å²) in [7, 11) is 1.35. The van der Waals surface area contributed by atoms with Gasteiger partial charge in [-0.1, -0.05) is 0 Å². The minimum absolute atomic E-state index is 0.115. The highest BCUT2D eigenvalue weighted by molar-refractivity contribution is 7.14. The van der Waals surface area contributed by atoms with Gasteiger partial charge in [-0.15, -0.1) is 24.5 Å². The largest absolute Gasteiger partial charge is 0.573 e. The van der Waals surface area contributed by atoms with Crippen LogP contribution in [-0.2, 0) is 13.1 Å². The molecule has 0 radical (unpaired) electrons. The Hall–Kier alpha value is -3.31. The molecule has 1 aromatic carbocycles. The number of hydrogen-bond donors (Lipinski definition) is 1. The van der Waals surface area contributed by atoms with Gasteiger partial charge in [0, 0.05) is 62.0 Å². The number of rotatable bonds is 8. The van der Waals surface area contributed by atoms with Gasteiger partial charge >= 0.3 is 6.36 Å². The number of aromatic nitrogens is 1. The lowest BCUT2D eigenvalue weighted by Gasteiger charge is -2.35. The number of pyridine rings is 1. The molecule has 11 heteroatoms. The third-order valence-electron chi connectivity index (χ3n) is 5.80. The van der Waals surface area contributed by atoms with Crippen LogP contribution < -0.4 is 19.7 Å². The number of thiophene rings is 1. The van der Waals surface area contributed by atoms with E-state index in [1.807, 2.05) is 18.3 Å². The predicted molar refractivity (Wildman–Crippen MR) is 132 cm³/mol. The topological polar surface area (TPSA) is 66.9 Å². The van der Waals surface area contributed by atoms with Crippen LogP contribution in [0.5, 0.6) is 11.5 Å². The summed E-state index contributed by atoms with van der Waals surface area (Å²) in [6.45, 7) is 6.19. The number of ether oxygens (including phenoxy) is 2. The van der Waals surface area contributed by atoms with Crippen molar-refractivity contribution in [3.05, 3.63) is 69.5 Å². The first kappa shape index (κ1) is 25.8. The molecule has 3 heterocycles. The molecule has 2 aromatic heterocycles. The molecule has 1 saturated heterocycles. The Labute approximate surface area is 211 Å². The first-order valence-corrected chi connectivity index (χ1v) is 12.2. The van der Waals surface area contributed by atoms with Crippen LogP contribution in [-0.4, -0.2) is 55.4 Å². The van der Waals surface area contributed by atoms with Gasteiger partial charge in [0.1, 0.15) is 17.3 Å². The fourth-order valence-corrected chi connectivity index (χ4v) is 4.89. The Morgan fingerprint density at radius 3 is 2.58 bits per heavy atom. The van der Waals surface area contributed by atoms with E-state index in [2.05, 4.69) is 37.8 Å². The van der Waals surface area contributed by atoms with Crippen molar-refractivity contribution in [1.82, 2.24) is 15.2 Å². The van der Waals surface area contributed by atoms with Gasteiger partial charge in [0.25, 0.3) is 5.91 Å². The lowest BCUT2D eigenvalue weighted by molar-refractivity contribution is -0.274. The number of anilines is 1. The zero-order chi connectivity index (χ0) is 25.7. The van der Waals surface area contributed by atoms with Crippen molar-refractivity contribution in [3.63, 3.8) is 0 Å². The van der Waals surface area contributed by atoms with E-state index in [0.717, 1.165) is 49.5 Å². The van der Waals surface area contributed by atoms with Crippen LogP contribution in [0.2, 0.25) is 0 Å². The lowest BCUT2D eigenvalue weighted by atomic mass is 10.2. The lowest BCUT2D eigenvalue weighted by Crippen LogP contribution is -2.46. The van der Waals surface area contributed by atoms with Crippen molar-refractivity contribution in [2.45, 2.75) is 26.4 Å². The minimum Gasteiger partial charge on any atom is -0.497 e. The van der Waals surface area contributed by atoms with Gasteiger partial charge < -0.3 is 19.7 Å². The number of halogens is 3. The summed E-state index contributed by atoms with van der Waals surface area (Å²) in [5.41, 5.74) is 1.38. The Morgan fingerprint density at radius 1 is 1.11 bits per heavy atom. The van der Waals surface area contributed by atoms with E-state index in [-0.39, 0.29) is 23.8 Å². The monoisotopic (exact) mass is 520 g/mol. The molecule has 36 heavy (non-hydrogen) atoms. The molecule has 4 rings (SSSR count). The molecule has 1 fully saturated rings. The molecule has 3 aromatic rings. The van der Waals surface area contributed by atoms with Crippen LogP contribution in [0.4, 0.5) is 19.0 Å². The van der Waals surface area contributed by atoms with Gasteiger partial charge in [-0.05, 0) is 48.9 Å². The summed E-state index contributed by atoms with van der Waals surface area (Å²) in [5, 5.41) is 2.68. The van der Waals surface area contributed by atoms with Gasteiger partial charge in [0.05, 0.1) is 12.0 Å². The Bertz CT molecular complexity index is 1190. The van der Waals surface area contributed by atoms with E-state index in [1.165, 1.54) is 36.1 Å². The number of piperazine rings is 1. The average Bonchev–Trinajstić information content (AvgIpc) is 3.31. The number of aryl methyl sites for hydroxylation is 1. The third-order valence-corrected chi connectivity index (χ3v) is 6.87. The van der Waals surface area contributed by atoms with Crippen molar-refractivity contribution in [2.75, 3.05) is 38.2 Å². The van der Waals surface area contributed by atoms with Crippen LogP contribution in [0.3, 0.4) is 0 Å². The van der Waals surface area contributed by atoms with Gasteiger partial charge in [-0.25, -0.2) is 4.98 Å². The van der Waals surface area contributed by atoms with E-state index in [0.29, 0.717) is 4.88 Å². The van der Waals surface area contributed by atoms with E-state index in [9.17, 15) is 18.0 Å². The smallest absolute Gasteiger partial charge is 0.497 e. The number of hydrogen-bond acceptors (Lipinski definition) is 7. The molecule has 0 atom stereocenters. The summed E-state index contributed by atoms with van der Waals surface area (Å²) in [6, 6.07) is 11.8. The Morgan fingerprint density at radius 2 is 1.89 bits per heavy atom. The molecule has 1 N–H and O–H groups in total. The maximum Gasteiger partial charge on any atom is 0.573 e. The summed E-state index contributed by atoms with van der Waals surface area (Å²) in [6.07, 6.45) is -3.02. The van der Waals surface area contributed by atoms with E-state index in [1.54, 1.807) is 6.07 Å². The van der Waals surface area contributed by atoms with Gasteiger partial charge in [0.15, 0.2) is 0 Å². The van der Waals surface area contributed by atoms with Crippen LogP contribution in [0.15, 0.2) is 48.7 Å². The fraction of sp³-hybridized carbons (Fsp3) is 0.360. The summed E-state index contributed by atoms with van der Waals surface area (Å²) in [5.74, 6) is 0.456. The summed E-state index contributed by atoms with van der Waals surface area (Å²) < 4.78 is 47.4. The SMILES string of the molecule is COc1ccc(CNC(=O)c2ccc(CN3CCN(c4cc(C)ccn4)CC3)s2)c(OC(F)(F)F)c1. The van der Waals surface area contributed by atoms with Crippen molar-refractivity contribution in [3.8, 4) is 11.5 Å². The number of methoxy groups -OCH3 is 1. The first-order chi connectivity index (χ1) is 17.2. The Balaban J connectivity index is 1.30. The molecule has 0 unspecified atom stereocenters. The highest BCUT2D eigenvalue weighted by atomic mass is 32.1. The second-order valence-corrected chi connectivity index (χ2v) is 9.59. The number of benzene rings is 1. The maximum atomic E-state index is 12.8. The van der Waals surface area contributed by atoms with Crippen molar-refractivity contribution in [1.29, 1.82) is 0 Å². The van der Waals surface area contributed by atoms with Gasteiger partial charge in [-0.3, -0.25) is 9.69 Å². The third kappa shape index (κ3) is 6.88. The molecule has 0 aliphatic carbocycles. The number of nitrogens with one attached hydrogen (secondary N) is 1. The zero-order valence-corrected chi connectivity index (χ0v) is 20.8. The number of nitrogens with zero attached hydrogens (tertiary/aromatic N) is 3. The molecule has 1 aliphatic rings. The molecular weight excluding hydrogens is 493 g/mol. The van der Waals surface area contributed by atoms with Crippen molar-refractivity contribution in [2.24, 2.45) is 0 Å². The molecule has 1 amide bonds. The van der Waals surface area contributed by atoms with Crippen LogP contribution >= 0.6 is 11.3 Å².